The van der Waals surface area contributed by atoms with Gasteiger partial charge in [0.05, 0.1) is 26.4 Å². The molecule has 1 N–H and O–H groups in total. The Hall–Kier alpha value is -1.35. The van der Waals surface area contributed by atoms with Crippen molar-refractivity contribution in [3.8, 4) is 0 Å². The predicted octanol–water partition coefficient (Wildman–Crippen LogP) is 1.66. The van der Waals surface area contributed by atoms with Crippen molar-refractivity contribution in [1.82, 2.24) is 5.32 Å². The van der Waals surface area contributed by atoms with E-state index < -0.39 is 22.1 Å². The van der Waals surface area contributed by atoms with Crippen molar-refractivity contribution in [3.05, 3.63) is 35.9 Å². The zero-order chi connectivity index (χ0) is 15.2. The molecular weight excluding hydrogens is 389 g/mol. The summed E-state index contributed by atoms with van der Waals surface area (Å²) in [6.45, 7) is 0.700. The van der Waals surface area contributed by atoms with Crippen molar-refractivity contribution in [1.29, 1.82) is 0 Å². The summed E-state index contributed by atoms with van der Waals surface area (Å²) in [5.41, 5.74) is 1.04. The van der Waals surface area contributed by atoms with Gasteiger partial charge in [0.1, 0.15) is 10.0 Å². The summed E-state index contributed by atoms with van der Waals surface area (Å²) in [6, 6.07) is 9.33. The molecule has 0 unspecified atom stereocenters. The number of carbonyl (C=O) groups is 2. The molecular formula is C14H16INO5. The molecule has 1 fully saturated rings. The van der Waals surface area contributed by atoms with E-state index in [4.69, 9.17) is 9.47 Å². The van der Waals surface area contributed by atoms with E-state index in [0.29, 0.717) is 6.61 Å². The number of benzene rings is 1. The van der Waals surface area contributed by atoms with Gasteiger partial charge in [-0.3, -0.25) is 4.79 Å². The molecule has 3 atom stereocenters. The zero-order valence-electron chi connectivity index (χ0n) is 11.5. The van der Waals surface area contributed by atoms with Crippen LogP contribution < -0.4 is 5.32 Å². The highest BCUT2D eigenvalue weighted by Gasteiger charge is 2.42. The van der Waals surface area contributed by atoms with E-state index >= 15 is 0 Å². The highest BCUT2D eigenvalue weighted by atomic mass is 127. The maximum absolute atomic E-state index is 11.6. The largest absolute Gasteiger partial charge is 0.468 e. The number of ether oxygens (including phenoxy) is 3. The molecule has 1 aromatic carbocycles. The number of alkyl carbamates (subject to hydrolysis) is 1. The van der Waals surface area contributed by atoms with Crippen LogP contribution in [0.4, 0.5) is 4.79 Å². The van der Waals surface area contributed by atoms with E-state index in [-0.39, 0.29) is 12.6 Å². The van der Waals surface area contributed by atoms with Crippen molar-refractivity contribution in [2.75, 3.05) is 13.7 Å². The summed E-state index contributed by atoms with van der Waals surface area (Å²) < 4.78 is 14.8. The summed E-state index contributed by atoms with van der Waals surface area (Å²) in [5, 5.41) is 2.65. The second-order valence-corrected chi connectivity index (χ2v) is 5.89. The molecule has 2 rings (SSSR count). The second kappa shape index (κ2) is 7.60. The number of nitrogens with one attached hydrogen (secondary N) is 1. The summed E-state index contributed by atoms with van der Waals surface area (Å²) in [4.78, 5) is 22.9. The van der Waals surface area contributed by atoms with Crippen molar-refractivity contribution in [3.63, 3.8) is 0 Å². The molecule has 1 saturated heterocycles. The molecule has 1 heterocycles. The van der Waals surface area contributed by atoms with Gasteiger partial charge in [0.2, 0.25) is 0 Å². The highest BCUT2D eigenvalue weighted by molar-refractivity contribution is 14.1. The van der Waals surface area contributed by atoms with Gasteiger partial charge in [0.15, 0.2) is 0 Å². The lowest BCUT2D eigenvalue weighted by Crippen LogP contribution is -2.43. The van der Waals surface area contributed by atoms with E-state index in [0.717, 1.165) is 5.56 Å². The lowest BCUT2D eigenvalue weighted by Gasteiger charge is -2.20. The standard InChI is InChI=1S/C14H16INO5/c1-19-13(17)11(15)12-10(16-14(18)21-12)8-20-7-9-5-3-2-4-6-9/h2-6,10-12H,7-8H2,1H3,(H,16,18)/t10-,11-,12+/m1/s1. The van der Waals surface area contributed by atoms with Crippen LogP contribution in [0.25, 0.3) is 0 Å². The van der Waals surface area contributed by atoms with Gasteiger partial charge in [-0.2, -0.15) is 0 Å². The Labute approximate surface area is 136 Å². The molecule has 1 aliphatic rings. The molecule has 7 heteroatoms. The van der Waals surface area contributed by atoms with Crippen LogP contribution in [0.1, 0.15) is 5.56 Å². The van der Waals surface area contributed by atoms with Crippen molar-refractivity contribution < 1.29 is 23.8 Å². The van der Waals surface area contributed by atoms with Crippen LogP contribution in [0, 0.1) is 0 Å². The molecule has 0 bridgehead atoms. The Bertz CT molecular complexity index is 495. The Morgan fingerprint density at radius 3 is 2.81 bits per heavy atom. The number of esters is 1. The lowest BCUT2D eigenvalue weighted by molar-refractivity contribution is -0.141. The van der Waals surface area contributed by atoms with Crippen LogP contribution in [0.5, 0.6) is 0 Å². The number of methoxy groups -OCH3 is 1. The van der Waals surface area contributed by atoms with Gasteiger partial charge in [-0.05, 0) is 5.56 Å². The lowest BCUT2D eigenvalue weighted by atomic mass is 10.1. The quantitative estimate of drug-likeness (QED) is 0.443. The first-order chi connectivity index (χ1) is 10.1. The van der Waals surface area contributed by atoms with Crippen molar-refractivity contribution >= 4 is 34.7 Å². The minimum atomic E-state index is -0.596. The minimum Gasteiger partial charge on any atom is -0.468 e. The highest BCUT2D eigenvalue weighted by Crippen LogP contribution is 2.21. The van der Waals surface area contributed by atoms with E-state index in [1.807, 2.05) is 52.9 Å². The topological polar surface area (TPSA) is 73.9 Å². The van der Waals surface area contributed by atoms with E-state index in [9.17, 15) is 9.59 Å². The third-order valence-electron chi connectivity index (χ3n) is 3.07. The molecule has 0 aromatic heterocycles. The molecule has 114 valence electrons. The third-order valence-corrected chi connectivity index (χ3v) is 4.28. The SMILES string of the molecule is COC(=O)[C@H](I)[C@H]1OC(=O)N[C@@H]1COCc1ccccc1. The second-order valence-electron chi connectivity index (χ2n) is 4.55. The van der Waals surface area contributed by atoms with Crippen LogP contribution in [0.15, 0.2) is 30.3 Å². The van der Waals surface area contributed by atoms with Gasteiger partial charge in [-0.15, -0.1) is 0 Å². The molecule has 1 amide bonds. The molecule has 0 radical (unpaired) electrons. The average molecular weight is 405 g/mol. The first-order valence-electron chi connectivity index (χ1n) is 6.42. The van der Waals surface area contributed by atoms with Crippen LogP contribution in [-0.4, -0.2) is 41.8 Å². The first kappa shape index (κ1) is 16.0. The van der Waals surface area contributed by atoms with E-state index in [1.54, 1.807) is 0 Å². The number of alkyl halides is 1. The number of rotatable bonds is 6. The molecule has 0 spiro atoms. The fraction of sp³-hybridized carbons (Fsp3) is 0.429. The number of amides is 1. The van der Waals surface area contributed by atoms with Gasteiger partial charge < -0.3 is 19.5 Å². The van der Waals surface area contributed by atoms with Crippen molar-refractivity contribution in [2.24, 2.45) is 0 Å². The first-order valence-corrected chi connectivity index (χ1v) is 7.67. The average Bonchev–Trinajstić information content (AvgIpc) is 2.87. The van der Waals surface area contributed by atoms with Gasteiger partial charge in [0.25, 0.3) is 0 Å². The Morgan fingerprint density at radius 2 is 2.14 bits per heavy atom. The fourth-order valence-electron chi connectivity index (χ4n) is 2.00. The van der Waals surface area contributed by atoms with Gasteiger partial charge in [-0.1, -0.05) is 52.9 Å². The van der Waals surface area contributed by atoms with Crippen LogP contribution in [0.3, 0.4) is 0 Å². The number of hydrogen-bond acceptors (Lipinski definition) is 5. The van der Waals surface area contributed by atoms with E-state index in [2.05, 4.69) is 10.1 Å². The molecule has 1 aromatic rings. The monoisotopic (exact) mass is 405 g/mol. The maximum Gasteiger partial charge on any atom is 0.407 e. The third kappa shape index (κ3) is 4.31. The van der Waals surface area contributed by atoms with Gasteiger partial charge in [-0.25, -0.2) is 4.79 Å². The molecule has 0 aliphatic carbocycles. The number of carbonyl (C=O) groups excluding carboxylic acids is 2. The molecule has 1 aliphatic heterocycles. The normalized spacial score (nSPS) is 22.3. The van der Waals surface area contributed by atoms with Crippen LogP contribution >= 0.6 is 22.6 Å². The molecule has 0 saturated carbocycles. The zero-order valence-corrected chi connectivity index (χ0v) is 13.6. The Balaban J connectivity index is 1.88. The predicted molar refractivity (Wildman–Crippen MR) is 83.1 cm³/mol. The molecule has 6 nitrogen and oxygen atoms in total. The van der Waals surface area contributed by atoms with Gasteiger partial charge in [0, 0.05) is 0 Å². The maximum atomic E-state index is 11.6. The number of cyclic esters (lactones) is 1. The van der Waals surface area contributed by atoms with Crippen molar-refractivity contribution in [2.45, 2.75) is 22.7 Å². The minimum absolute atomic E-state index is 0.266. The van der Waals surface area contributed by atoms with Gasteiger partial charge >= 0.3 is 12.1 Å². The van der Waals surface area contributed by atoms with Crippen LogP contribution in [0.2, 0.25) is 0 Å². The fourth-order valence-corrected chi connectivity index (χ4v) is 2.90. The Morgan fingerprint density at radius 1 is 1.43 bits per heavy atom. The van der Waals surface area contributed by atoms with Crippen LogP contribution in [-0.2, 0) is 25.6 Å². The number of halogens is 1. The molecule has 21 heavy (non-hydrogen) atoms. The smallest absolute Gasteiger partial charge is 0.407 e. The summed E-state index contributed by atoms with van der Waals surface area (Å²) in [7, 11) is 1.30. The summed E-state index contributed by atoms with van der Waals surface area (Å²) in [6.07, 6.45) is -1.14. The van der Waals surface area contributed by atoms with E-state index in [1.165, 1.54) is 7.11 Å². The summed E-state index contributed by atoms with van der Waals surface area (Å²) >= 11 is 1.91. The number of hydrogen-bond donors (Lipinski definition) is 1. The summed E-state index contributed by atoms with van der Waals surface area (Å²) in [5.74, 6) is -0.426. The Kier molecular flexibility index (Phi) is 5.80.